The molecule has 8 heteroatoms. The van der Waals surface area contributed by atoms with E-state index in [1.165, 1.54) is 0 Å². The molecule has 2 N–H and O–H groups in total. The van der Waals surface area contributed by atoms with Crippen molar-refractivity contribution in [3.63, 3.8) is 0 Å². The largest absolute Gasteiger partial charge is 0.478 e. The van der Waals surface area contributed by atoms with E-state index in [0.717, 1.165) is 23.9 Å². The number of benzene rings is 1. The van der Waals surface area contributed by atoms with Gasteiger partial charge in [-0.1, -0.05) is 6.07 Å². The van der Waals surface area contributed by atoms with E-state index >= 15 is 0 Å². The molecule has 0 spiro atoms. The average molecular weight is 342 g/mol. The molecule has 2 aromatic heterocycles. The highest BCUT2D eigenvalue weighted by Gasteiger charge is 2.17. The Kier molecular flexibility index (Phi) is 4.60. The van der Waals surface area contributed by atoms with Crippen molar-refractivity contribution >= 4 is 11.9 Å². The molecule has 2 heterocycles. The number of nitrogens with zero attached hydrogens (tertiary/aromatic N) is 3. The topological polar surface area (TPSA) is 88.0 Å². The molecule has 0 aliphatic carbocycles. The van der Waals surface area contributed by atoms with Gasteiger partial charge < -0.3 is 10.4 Å². The van der Waals surface area contributed by atoms with Gasteiger partial charge in [0.25, 0.3) is 0 Å². The lowest BCUT2D eigenvalue weighted by molar-refractivity contribution is 0.0697. The van der Waals surface area contributed by atoms with E-state index in [-0.39, 0.29) is 22.8 Å². The van der Waals surface area contributed by atoms with Gasteiger partial charge in [0.15, 0.2) is 0 Å². The summed E-state index contributed by atoms with van der Waals surface area (Å²) in [5.74, 6) is -2.81. The van der Waals surface area contributed by atoms with Gasteiger partial charge in [-0.3, -0.25) is 4.98 Å². The van der Waals surface area contributed by atoms with Gasteiger partial charge in [-0.25, -0.2) is 23.5 Å². The molecule has 1 aromatic carbocycles. The van der Waals surface area contributed by atoms with E-state index in [1.807, 2.05) is 6.07 Å². The van der Waals surface area contributed by atoms with Crippen molar-refractivity contribution in [2.75, 3.05) is 5.32 Å². The van der Waals surface area contributed by atoms with Crippen LogP contribution in [0.1, 0.15) is 15.9 Å². The van der Waals surface area contributed by atoms with Gasteiger partial charge in [0, 0.05) is 36.8 Å². The summed E-state index contributed by atoms with van der Waals surface area (Å²) in [4.78, 5) is 23.4. The minimum atomic E-state index is -1.29. The van der Waals surface area contributed by atoms with Gasteiger partial charge in [-0.05, 0) is 23.8 Å². The molecule has 6 nitrogen and oxygen atoms in total. The van der Waals surface area contributed by atoms with Crippen molar-refractivity contribution in [1.29, 1.82) is 0 Å². The van der Waals surface area contributed by atoms with Crippen LogP contribution in [0.15, 0.2) is 48.9 Å². The number of halogens is 2. The van der Waals surface area contributed by atoms with E-state index < -0.39 is 17.6 Å². The molecule has 3 aromatic rings. The first-order chi connectivity index (χ1) is 12.0. The average Bonchev–Trinajstić information content (AvgIpc) is 2.59. The fraction of sp³-hybridized carbons (Fsp3) is 0.0588. The van der Waals surface area contributed by atoms with Crippen LogP contribution in [0.5, 0.6) is 0 Å². The third-order valence-corrected chi connectivity index (χ3v) is 3.33. The molecule has 0 amide bonds. The van der Waals surface area contributed by atoms with E-state index in [0.29, 0.717) is 12.6 Å². The molecule has 25 heavy (non-hydrogen) atoms. The predicted molar refractivity (Wildman–Crippen MR) is 85.9 cm³/mol. The zero-order valence-corrected chi connectivity index (χ0v) is 12.8. The van der Waals surface area contributed by atoms with E-state index in [9.17, 15) is 18.7 Å². The Morgan fingerprint density at radius 3 is 2.56 bits per heavy atom. The summed E-state index contributed by atoms with van der Waals surface area (Å²) in [5.41, 5.74) is 0.556. The van der Waals surface area contributed by atoms with Crippen LogP contribution in [-0.4, -0.2) is 26.0 Å². The van der Waals surface area contributed by atoms with Gasteiger partial charge in [0.05, 0.1) is 5.69 Å². The zero-order valence-electron chi connectivity index (χ0n) is 12.8. The number of aromatic carboxylic acids is 1. The number of hydrogen-bond donors (Lipinski definition) is 2. The Bertz CT molecular complexity index is 900. The third kappa shape index (κ3) is 3.92. The summed E-state index contributed by atoms with van der Waals surface area (Å²) in [6, 6.07) is 6.35. The lowest BCUT2D eigenvalue weighted by atomic mass is 10.1. The Balaban J connectivity index is 1.96. The van der Waals surface area contributed by atoms with Crippen molar-refractivity contribution in [1.82, 2.24) is 15.0 Å². The van der Waals surface area contributed by atoms with Crippen molar-refractivity contribution in [3.8, 4) is 11.3 Å². The fourth-order valence-corrected chi connectivity index (χ4v) is 2.22. The minimum absolute atomic E-state index is 0.0155. The van der Waals surface area contributed by atoms with Crippen LogP contribution in [0.2, 0.25) is 0 Å². The molecular formula is C17H12F2N4O2. The second-order valence-corrected chi connectivity index (χ2v) is 5.13. The number of nitrogens with one attached hydrogen (secondary N) is 1. The van der Waals surface area contributed by atoms with Crippen LogP contribution in [0.3, 0.4) is 0 Å². The number of anilines is 1. The second-order valence-electron chi connectivity index (χ2n) is 5.13. The Morgan fingerprint density at radius 2 is 1.92 bits per heavy atom. The molecule has 0 unspecified atom stereocenters. The third-order valence-electron chi connectivity index (χ3n) is 3.33. The highest BCUT2D eigenvalue weighted by molar-refractivity contribution is 5.94. The van der Waals surface area contributed by atoms with Crippen molar-refractivity contribution < 1.29 is 18.7 Å². The van der Waals surface area contributed by atoms with Crippen LogP contribution < -0.4 is 5.32 Å². The van der Waals surface area contributed by atoms with Crippen LogP contribution in [0.4, 0.5) is 14.7 Å². The van der Waals surface area contributed by atoms with Crippen LogP contribution in [0, 0.1) is 11.6 Å². The number of carboxylic acid groups (broad SMARTS) is 1. The maximum atomic E-state index is 13.5. The van der Waals surface area contributed by atoms with E-state index in [1.54, 1.807) is 18.5 Å². The molecule has 0 aliphatic rings. The Labute approximate surface area is 141 Å². The number of pyridine rings is 1. The molecule has 0 aliphatic heterocycles. The summed E-state index contributed by atoms with van der Waals surface area (Å²) < 4.78 is 26.9. The molecular weight excluding hydrogens is 330 g/mol. The number of hydrogen-bond acceptors (Lipinski definition) is 5. The molecule has 0 atom stereocenters. The minimum Gasteiger partial charge on any atom is -0.478 e. The van der Waals surface area contributed by atoms with Crippen LogP contribution >= 0.6 is 0 Å². The summed E-state index contributed by atoms with van der Waals surface area (Å²) in [6.07, 6.45) is 4.39. The normalized spacial score (nSPS) is 10.5. The summed E-state index contributed by atoms with van der Waals surface area (Å²) >= 11 is 0. The van der Waals surface area contributed by atoms with Gasteiger partial charge in [0.2, 0.25) is 5.95 Å². The fourth-order valence-electron chi connectivity index (χ4n) is 2.22. The summed E-state index contributed by atoms with van der Waals surface area (Å²) in [7, 11) is 0. The quantitative estimate of drug-likeness (QED) is 0.741. The van der Waals surface area contributed by atoms with Crippen molar-refractivity contribution in [2.24, 2.45) is 0 Å². The summed E-state index contributed by atoms with van der Waals surface area (Å²) in [6.45, 7) is 0.358. The second kappa shape index (κ2) is 7.00. The lowest BCUT2D eigenvalue weighted by Crippen LogP contribution is -2.09. The standard InChI is InChI=1S/C17H12F2N4O2/c18-12-4-11(5-13(19)6-12)15-14(16(24)25)9-22-17(23-15)21-8-10-2-1-3-20-7-10/h1-7,9H,8H2,(H,24,25)(H,21,22,23). The molecule has 126 valence electrons. The maximum Gasteiger partial charge on any atom is 0.339 e. The van der Waals surface area contributed by atoms with Gasteiger partial charge in [0.1, 0.15) is 17.2 Å². The van der Waals surface area contributed by atoms with Crippen molar-refractivity contribution in [3.05, 3.63) is 71.7 Å². The molecule has 0 fully saturated rings. The summed E-state index contributed by atoms with van der Waals surface area (Å²) in [5, 5.41) is 12.2. The monoisotopic (exact) mass is 342 g/mol. The molecule has 0 saturated carbocycles. The highest BCUT2D eigenvalue weighted by atomic mass is 19.1. The van der Waals surface area contributed by atoms with Crippen LogP contribution in [0.25, 0.3) is 11.3 Å². The lowest BCUT2D eigenvalue weighted by Gasteiger charge is -2.09. The van der Waals surface area contributed by atoms with Gasteiger partial charge in [-0.15, -0.1) is 0 Å². The number of carboxylic acids is 1. The van der Waals surface area contributed by atoms with Gasteiger partial charge >= 0.3 is 5.97 Å². The first kappa shape index (κ1) is 16.4. The van der Waals surface area contributed by atoms with Gasteiger partial charge in [-0.2, -0.15) is 0 Å². The molecule has 0 bridgehead atoms. The van der Waals surface area contributed by atoms with E-state index in [4.69, 9.17) is 0 Å². The predicted octanol–water partition coefficient (Wildman–Crippen LogP) is 3.13. The highest BCUT2D eigenvalue weighted by Crippen LogP contribution is 2.24. The maximum absolute atomic E-state index is 13.5. The van der Waals surface area contributed by atoms with Crippen LogP contribution in [-0.2, 0) is 6.54 Å². The van der Waals surface area contributed by atoms with E-state index in [2.05, 4.69) is 20.3 Å². The number of carbonyl (C=O) groups is 1. The molecule has 0 saturated heterocycles. The smallest absolute Gasteiger partial charge is 0.339 e. The molecule has 0 radical (unpaired) electrons. The number of aromatic nitrogens is 3. The zero-order chi connectivity index (χ0) is 17.8. The van der Waals surface area contributed by atoms with Crippen molar-refractivity contribution in [2.45, 2.75) is 6.54 Å². The Morgan fingerprint density at radius 1 is 1.16 bits per heavy atom. The number of rotatable bonds is 5. The Hall–Kier alpha value is -3.42. The molecule has 3 rings (SSSR count). The first-order valence-corrected chi connectivity index (χ1v) is 7.22. The SMILES string of the molecule is O=C(O)c1cnc(NCc2cccnc2)nc1-c1cc(F)cc(F)c1. The first-order valence-electron chi connectivity index (χ1n) is 7.22.